The fourth-order valence-electron chi connectivity index (χ4n) is 2.86. The normalized spacial score (nSPS) is 10.5. The first-order valence-electron chi connectivity index (χ1n) is 7.59. The highest BCUT2D eigenvalue weighted by molar-refractivity contribution is 6.02. The molecule has 0 heterocycles. The van der Waals surface area contributed by atoms with Crippen LogP contribution in [0.3, 0.4) is 0 Å². The van der Waals surface area contributed by atoms with E-state index < -0.39 is 0 Å². The highest BCUT2D eigenvalue weighted by Gasteiger charge is 2.14. The van der Waals surface area contributed by atoms with Crippen LogP contribution < -0.4 is 18.9 Å². The standard InChI is InChI=1S/C20H20O4/c1-21-13-5-7-16-17(11-13)15(8-10-19(16)23-3)18-12-14(22-2)6-9-20(18)24-4/h5-12H,1-4H3. The zero-order valence-corrected chi connectivity index (χ0v) is 14.3. The van der Waals surface area contributed by atoms with Gasteiger partial charge in [-0.1, -0.05) is 0 Å². The molecule has 0 aromatic heterocycles. The molecule has 3 aromatic carbocycles. The van der Waals surface area contributed by atoms with Gasteiger partial charge in [-0.05, 0) is 59.5 Å². The van der Waals surface area contributed by atoms with Crippen molar-refractivity contribution < 1.29 is 18.9 Å². The third-order valence-corrected chi connectivity index (χ3v) is 4.10. The van der Waals surface area contributed by atoms with Gasteiger partial charge in [-0.3, -0.25) is 0 Å². The predicted molar refractivity (Wildman–Crippen MR) is 95.6 cm³/mol. The van der Waals surface area contributed by atoms with E-state index in [9.17, 15) is 0 Å². The van der Waals surface area contributed by atoms with Crippen LogP contribution in [-0.2, 0) is 0 Å². The Bertz CT molecular complexity index is 871. The summed E-state index contributed by atoms with van der Waals surface area (Å²) in [4.78, 5) is 0. The predicted octanol–water partition coefficient (Wildman–Crippen LogP) is 4.54. The molecule has 0 saturated carbocycles. The molecular weight excluding hydrogens is 304 g/mol. The molecule has 0 aliphatic carbocycles. The lowest BCUT2D eigenvalue weighted by Gasteiger charge is -2.15. The smallest absolute Gasteiger partial charge is 0.126 e. The van der Waals surface area contributed by atoms with Crippen molar-refractivity contribution in [2.75, 3.05) is 28.4 Å². The number of methoxy groups -OCH3 is 4. The monoisotopic (exact) mass is 324 g/mol. The average molecular weight is 324 g/mol. The van der Waals surface area contributed by atoms with Gasteiger partial charge in [0.2, 0.25) is 0 Å². The van der Waals surface area contributed by atoms with Crippen LogP contribution in [0.4, 0.5) is 0 Å². The van der Waals surface area contributed by atoms with Crippen LogP contribution in [0.25, 0.3) is 21.9 Å². The maximum atomic E-state index is 5.54. The number of rotatable bonds is 5. The molecule has 124 valence electrons. The molecule has 3 aromatic rings. The summed E-state index contributed by atoms with van der Waals surface area (Å²) in [5.41, 5.74) is 1.98. The van der Waals surface area contributed by atoms with Crippen molar-refractivity contribution in [1.82, 2.24) is 0 Å². The minimum absolute atomic E-state index is 0.776. The minimum Gasteiger partial charge on any atom is -0.497 e. The molecule has 24 heavy (non-hydrogen) atoms. The molecular formula is C20H20O4. The molecule has 0 bridgehead atoms. The Balaban J connectivity index is 2.34. The maximum Gasteiger partial charge on any atom is 0.126 e. The van der Waals surface area contributed by atoms with Gasteiger partial charge in [0, 0.05) is 10.9 Å². The Morgan fingerprint density at radius 1 is 0.500 bits per heavy atom. The summed E-state index contributed by atoms with van der Waals surface area (Å²) in [5, 5.41) is 2.04. The Morgan fingerprint density at radius 2 is 1.12 bits per heavy atom. The van der Waals surface area contributed by atoms with E-state index in [0.29, 0.717) is 0 Å². The molecule has 0 atom stereocenters. The van der Waals surface area contributed by atoms with Crippen LogP contribution in [0.5, 0.6) is 23.0 Å². The maximum absolute atomic E-state index is 5.54. The van der Waals surface area contributed by atoms with Crippen molar-refractivity contribution >= 4 is 10.8 Å². The van der Waals surface area contributed by atoms with Crippen molar-refractivity contribution in [2.24, 2.45) is 0 Å². The lowest BCUT2D eigenvalue weighted by atomic mass is 9.96. The average Bonchev–Trinajstić information content (AvgIpc) is 2.66. The fourth-order valence-corrected chi connectivity index (χ4v) is 2.86. The van der Waals surface area contributed by atoms with E-state index in [0.717, 1.165) is 44.9 Å². The lowest BCUT2D eigenvalue weighted by Crippen LogP contribution is -1.93. The molecule has 4 heteroatoms. The number of hydrogen-bond acceptors (Lipinski definition) is 4. The lowest BCUT2D eigenvalue weighted by molar-refractivity contribution is 0.404. The van der Waals surface area contributed by atoms with Gasteiger partial charge in [-0.2, -0.15) is 0 Å². The second kappa shape index (κ2) is 6.71. The van der Waals surface area contributed by atoms with Crippen LogP contribution in [0.15, 0.2) is 48.5 Å². The van der Waals surface area contributed by atoms with Crippen molar-refractivity contribution in [3.63, 3.8) is 0 Å². The summed E-state index contributed by atoms with van der Waals surface area (Å²) in [7, 11) is 6.65. The Kier molecular flexibility index (Phi) is 4.47. The van der Waals surface area contributed by atoms with Crippen LogP contribution in [0.1, 0.15) is 0 Å². The second-order valence-electron chi connectivity index (χ2n) is 5.29. The highest BCUT2D eigenvalue weighted by Crippen LogP contribution is 2.41. The summed E-state index contributed by atoms with van der Waals surface area (Å²) in [5.74, 6) is 3.17. The van der Waals surface area contributed by atoms with Gasteiger partial charge in [0.1, 0.15) is 23.0 Å². The first-order valence-corrected chi connectivity index (χ1v) is 7.59. The first kappa shape index (κ1) is 16.0. The van der Waals surface area contributed by atoms with E-state index in [2.05, 4.69) is 0 Å². The van der Waals surface area contributed by atoms with E-state index in [4.69, 9.17) is 18.9 Å². The zero-order valence-electron chi connectivity index (χ0n) is 14.3. The van der Waals surface area contributed by atoms with E-state index in [-0.39, 0.29) is 0 Å². The van der Waals surface area contributed by atoms with Crippen molar-refractivity contribution in [3.05, 3.63) is 48.5 Å². The quantitative estimate of drug-likeness (QED) is 0.690. The van der Waals surface area contributed by atoms with Gasteiger partial charge in [-0.25, -0.2) is 0 Å². The van der Waals surface area contributed by atoms with Crippen LogP contribution in [-0.4, -0.2) is 28.4 Å². The van der Waals surface area contributed by atoms with Gasteiger partial charge < -0.3 is 18.9 Å². The summed E-state index contributed by atoms with van der Waals surface area (Å²) in [6.45, 7) is 0. The summed E-state index contributed by atoms with van der Waals surface area (Å²) in [6.07, 6.45) is 0. The van der Waals surface area contributed by atoms with Gasteiger partial charge in [-0.15, -0.1) is 0 Å². The third-order valence-electron chi connectivity index (χ3n) is 4.10. The molecule has 0 N–H and O–H groups in total. The fraction of sp³-hybridized carbons (Fsp3) is 0.200. The van der Waals surface area contributed by atoms with Gasteiger partial charge >= 0.3 is 0 Å². The van der Waals surface area contributed by atoms with Crippen LogP contribution in [0, 0.1) is 0 Å². The van der Waals surface area contributed by atoms with Crippen LogP contribution >= 0.6 is 0 Å². The Labute approximate surface area is 141 Å². The molecule has 0 radical (unpaired) electrons. The highest BCUT2D eigenvalue weighted by atomic mass is 16.5. The molecule has 0 aliphatic rings. The third kappa shape index (κ3) is 2.71. The van der Waals surface area contributed by atoms with Gasteiger partial charge in [0.05, 0.1) is 28.4 Å². The van der Waals surface area contributed by atoms with Crippen molar-refractivity contribution in [2.45, 2.75) is 0 Å². The topological polar surface area (TPSA) is 36.9 Å². The SMILES string of the molecule is COc1ccc(OC)c(-c2ccc(OC)c3ccc(OC)cc23)c1. The minimum atomic E-state index is 0.776. The van der Waals surface area contributed by atoms with E-state index in [1.807, 2.05) is 48.5 Å². The molecule has 4 nitrogen and oxygen atoms in total. The van der Waals surface area contributed by atoms with Gasteiger partial charge in [0.25, 0.3) is 0 Å². The molecule has 0 amide bonds. The van der Waals surface area contributed by atoms with Gasteiger partial charge in [0.15, 0.2) is 0 Å². The second-order valence-corrected chi connectivity index (χ2v) is 5.29. The Morgan fingerprint density at radius 3 is 1.79 bits per heavy atom. The van der Waals surface area contributed by atoms with Crippen LogP contribution in [0.2, 0.25) is 0 Å². The molecule has 0 aliphatic heterocycles. The summed E-state index contributed by atoms with van der Waals surface area (Å²) >= 11 is 0. The molecule has 0 saturated heterocycles. The summed E-state index contributed by atoms with van der Waals surface area (Å²) in [6, 6.07) is 15.7. The number of ether oxygens (including phenoxy) is 4. The number of fused-ring (bicyclic) bond motifs is 1. The van der Waals surface area contributed by atoms with E-state index in [1.54, 1.807) is 28.4 Å². The van der Waals surface area contributed by atoms with E-state index >= 15 is 0 Å². The molecule has 0 unspecified atom stereocenters. The largest absolute Gasteiger partial charge is 0.497 e. The van der Waals surface area contributed by atoms with Crippen molar-refractivity contribution in [3.8, 4) is 34.1 Å². The first-order chi connectivity index (χ1) is 11.7. The Hall–Kier alpha value is -2.88. The summed E-state index contributed by atoms with van der Waals surface area (Å²) < 4.78 is 21.8. The molecule has 3 rings (SSSR count). The number of hydrogen-bond donors (Lipinski definition) is 0. The molecule has 0 spiro atoms. The van der Waals surface area contributed by atoms with Crippen molar-refractivity contribution in [1.29, 1.82) is 0 Å². The molecule has 0 fully saturated rings. The number of benzene rings is 3. The zero-order chi connectivity index (χ0) is 17.1. The van der Waals surface area contributed by atoms with E-state index in [1.165, 1.54) is 0 Å².